The van der Waals surface area contributed by atoms with E-state index in [0.29, 0.717) is 37.5 Å². The van der Waals surface area contributed by atoms with Crippen molar-refractivity contribution in [3.63, 3.8) is 0 Å². The van der Waals surface area contributed by atoms with Gasteiger partial charge in [-0.2, -0.15) is 0 Å². The standard InChI is InChI=1S/C19H23N3O4/c1-3-22-8-6-14(10-18(22)23)19(24)21-16-12-25-9-7-17(16)26-15-5-4-13(2)20-11-15/h4-6,8,10-11,16-17H,3,7,9,12H2,1-2H3,(H,21,24)/t16-,17+/m1/s1. The van der Waals surface area contributed by atoms with Crippen LogP contribution in [0.4, 0.5) is 0 Å². The number of nitrogens with zero attached hydrogens (tertiary/aromatic N) is 2. The SMILES string of the molecule is CCn1ccc(C(=O)N[C@@H]2COCC[C@@H]2Oc2ccc(C)nc2)cc1=O. The molecule has 3 heterocycles. The molecule has 2 aromatic heterocycles. The number of aromatic nitrogens is 2. The van der Waals surface area contributed by atoms with Crippen LogP contribution in [0.3, 0.4) is 0 Å². The average molecular weight is 357 g/mol. The van der Waals surface area contributed by atoms with E-state index < -0.39 is 0 Å². The summed E-state index contributed by atoms with van der Waals surface area (Å²) in [5.41, 5.74) is 1.05. The summed E-state index contributed by atoms with van der Waals surface area (Å²) >= 11 is 0. The fraction of sp³-hybridized carbons (Fsp3) is 0.421. The molecule has 0 saturated carbocycles. The Kier molecular flexibility index (Phi) is 5.68. The first-order valence-electron chi connectivity index (χ1n) is 8.75. The molecule has 3 rings (SSSR count). The Morgan fingerprint density at radius 2 is 2.27 bits per heavy atom. The molecule has 0 unspecified atom stereocenters. The Bertz CT molecular complexity index is 816. The number of rotatable bonds is 5. The van der Waals surface area contributed by atoms with Gasteiger partial charge in [-0.3, -0.25) is 14.6 Å². The van der Waals surface area contributed by atoms with Crippen LogP contribution < -0.4 is 15.6 Å². The monoisotopic (exact) mass is 357 g/mol. The van der Waals surface area contributed by atoms with Gasteiger partial charge in [-0.25, -0.2) is 0 Å². The number of hydrogen-bond donors (Lipinski definition) is 1. The molecule has 1 aliphatic rings. The Balaban J connectivity index is 1.69. The van der Waals surface area contributed by atoms with E-state index >= 15 is 0 Å². The molecule has 0 aromatic carbocycles. The van der Waals surface area contributed by atoms with Crippen LogP contribution in [-0.2, 0) is 11.3 Å². The van der Waals surface area contributed by atoms with Gasteiger partial charge in [-0.1, -0.05) is 0 Å². The van der Waals surface area contributed by atoms with E-state index in [-0.39, 0.29) is 23.6 Å². The second-order valence-corrected chi connectivity index (χ2v) is 6.27. The minimum atomic E-state index is -0.309. The van der Waals surface area contributed by atoms with E-state index in [1.807, 2.05) is 26.0 Å². The van der Waals surface area contributed by atoms with E-state index in [0.717, 1.165) is 5.69 Å². The van der Waals surface area contributed by atoms with Gasteiger partial charge in [0, 0.05) is 36.5 Å². The number of carbonyl (C=O) groups is 1. The molecule has 7 heteroatoms. The quantitative estimate of drug-likeness (QED) is 0.878. The molecule has 1 saturated heterocycles. The highest BCUT2D eigenvalue weighted by Gasteiger charge is 2.29. The Morgan fingerprint density at radius 3 is 2.96 bits per heavy atom. The summed E-state index contributed by atoms with van der Waals surface area (Å²) in [5.74, 6) is 0.351. The minimum absolute atomic E-state index is 0.196. The van der Waals surface area contributed by atoms with E-state index in [1.54, 1.807) is 18.5 Å². The summed E-state index contributed by atoms with van der Waals surface area (Å²) in [4.78, 5) is 28.7. The van der Waals surface area contributed by atoms with Crippen molar-refractivity contribution in [1.29, 1.82) is 0 Å². The lowest BCUT2D eigenvalue weighted by Gasteiger charge is -2.32. The van der Waals surface area contributed by atoms with Crippen molar-refractivity contribution in [3.05, 3.63) is 58.3 Å². The van der Waals surface area contributed by atoms with Gasteiger partial charge < -0.3 is 19.4 Å². The lowest BCUT2D eigenvalue weighted by atomic mass is 10.1. The number of ether oxygens (including phenoxy) is 2. The van der Waals surface area contributed by atoms with Crippen LogP contribution in [0.25, 0.3) is 0 Å². The molecular formula is C19H23N3O4. The highest BCUT2D eigenvalue weighted by Crippen LogP contribution is 2.18. The molecule has 2 aromatic rings. The van der Waals surface area contributed by atoms with E-state index in [9.17, 15) is 9.59 Å². The van der Waals surface area contributed by atoms with Crippen molar-refractivity contribution in [1.82, 2.24) is 14.9 Å². The molecule has 0 spiro atoms. The van der Waals surface area contributed by atoms with Crippen molar-refractivity contribution < 1.29 is 14.3 Å². The maximum Gasteiger partial charge on any atom is 0.251 e. The van der Waals surface area contributed by atoms with Crippen molar-refractivity contribution in [2.45, 2.75) is 39.0 Å². The maximum absolute atomic E-state index is 12.5. The second-order valence-electron chi connectivity index (χ2n) is 6.27. The summed E-state index contributed by atoms with van der Waals surface area (Å²) in [6, 6.07) is 6.43. The molecule has 1 aliphatic heterocycles. The van der Waals surface area contributed by atoms with Gasteiger partial charge in [0.15, 0.2) is 0 Å². The van der Waals surface area contributed by atoms with Crippen LogP contribution in [-0.4, -0.2) is 40.8 Å². The number of carbonyl (C=O) groups excluding carboxylic acids is 1. The molecule has 0 aliphatic carbocycles. The van der Waals surface area contributed by atoms with Gasteiger partial charge in [0.25, 0.3) is 11.5 Å². The molecular weight excluding hydrogens is 334 g/mol. The highest BCUT2D eigenvalue weighted by molar-refractivity contribution is 5.94. The zero-order valence-corrected chi connectivity index (χ0v) is 15.0. The number of amides is 1. The van der Waals surface area contributed by atoms with Crippen molar-refractivity contribution in [2.75, 3.05) is 13.2 Å². The van der Waals surface area contributed by atoms with E-state index in [1.165, 1.54) is 10.6 Å². The third kappa shape index (κ3) is 4.29. The fourth-order valence-corrected chi connectivity index (χ4v) is 2.85. The lowest BCUT2D eigenvalue weighted by Crippen LogP contribution is -2.52. The Labute approximate surface area is 152 Å². The fourth-order valence-electron chi connectivity index (χ4n) is 2.85. The second kappa shape index (κ2) is 8.14. The van der Waals surface area contributed by atoms with Gasteiger partial charge in [-0.15, -0.1) is 0 Å². The smallest absolute Gasteiger partial charge is 0.251 e. The molecule has 1 N–H and O–H groups in total. The number of pyridine rings is 2. The molecule has 0 radical (unpaired) electrons. The minimum Gasteiger partial charge on any atom is -0.486 e. The predicted molar refractivity (Wildman–Crippen MR) is 96.5 cm³/mol. The normalized spacial score (nSPS) is 19.8. The molecule has 138 valence electrons. The highest BCUT2D eigenvalue weighted by atomic mass is 16.5. The van der Waals surface area contributed by atoms with Gasteiger partial charge in [0.2, 0.25) is 0 Å². The molecule has 2 atom stereocenters. The molecule has 1 amide bonds. The Hall–Kier alpha value is -2.67. The summed E-state index contributed by atoms with van der Waals surface area (Å²) in [5, 5.41) is 2.92. The first-order chi connectivity index (χ1) is 12.6. The third-order valence-corrected chi connectivity index (χ3v) is 4.38. The third-order valence-electron chi connectivity index (χ3n) is 4.38. The zero-order valence-electron chi connectivity index (χ0n) is 15.0. The van der Waals surface area contributed by atoms with Crippen LogP contribution in [0.1, 0.15) is 29.4 Å². The van der Waals surface area contributed by atoms with Gasteiger partial charge in [-0.05, 0) is 32.0 Å². The summed E-state index contributed by atoms with van der Waals surface area (Å²) in [6.07, 6.45) is 3.75. The van der Waals surface area contributed by atoms with Crippen LogP contribution >= 0.6 is 0 Å². The zero-order chi connectivity index (χ0) is 18.5. The van der Waals surface area contributed by atoms with Gasteiger partial charge >= 0.3 is 0 Å². The topological polar surface area (TPSA) is 82.5 Å². The van der Waals surface area contributed by atoms with Gasteiger partial charge in [0.05, 0.1) is 25.5 Å². The largest absolute Gasteiger partial charge is 0.486 e. The summed E-state index contributed by atoms with van der Waals surface area (Å²) in [7, 11) is 0. The number of hydrogen-bond acceptors (Lipinski definition) is 5. The predicted octanol–water partition coefficient (Wildman–Crippen LogP) is 1.54. The van der Waals surface area contributed by atoms with Crippen LogP contribution in [0.5, 0.6) is 5.75 Å². The van der Waals surface area contributed by atoms with Crippen LogP contribution in [0.15, 0.2) is 41.5 Å². The number of aryl methyl sites for hydroxylation is 2. The van der Waals surface area contributed by atoms with E-state index in [2.05, 4.69) is 10.3 Å². The molecule has 1 fully saturated rings. The lowest BCUT2D eigenvalue weighted by molar-refractivity contribution is -0.00301. The summed E-state index contributed by atoms with van der Waals surface area (Å²) in [6.45, 7) is 5.29. The first-order valence-corrected chi connectivity index (χ1v) is 8.75. The average Bonchev–Trinajstić information content (AvgIpc) is 2.65. The first kappa shape index (κ1) is 18.1. The van der Waals surface area contributed by atoms with Crippen molar-refractivity contribution >= 4 is 5.91 Å². The maximum atomic E-state index is 12.5. The Morgan fingerprint density at radius 1 is 1.42 bits per heavy atom. The van der Waals surface area contributed by atoms with E-state index in [4.69, 9.17) is 9.47 Å². The molecule has 26 heavy (non-hydrogen) atoms. The van der Waals surface area contributed by atoms with Crippen LogP contribution in [0.2, 0.25) is 0 Å². The van der Waals surface area contributed by atoms with Crippen molar-refractivity contribution in [3.8, 4) is 5.75 Å². The van der Waals surface area contributed by atoms with Crippen molar-refractivity contribution in [2.24, 2.45) is 0 Å². The van der Waals surface area contributed by atoms with Gasteiger partial charge in [0.1, 0.15) is 11.9 Å². The summed E-state index contributed by atoms with van der Waals surface area (Å²) < 4.78 is 13.0. The van der Waals surface area contributed by atoms with Crippen LogP contribution in [0, 0.1) is 6.92 Å². The number of nitrogens with one attached hydrogen (secondary N) is 1. The molecule has 0 bridgehead atoms. The molecule has 7 nitrogen and oxygen atoms in total.